The van der Waals surface area contributed by atoms with Gasteiger partial charge in [0.1, 0.15) is 0 Å². The van der Waals surface area contributed by atoms with Crippen LogP contribution in [-0.2, 0) is 10.0 Å². The summed E-state index contributed by atoms with van der Waals surface area (Å²) in [6.07, 6.45) is 0. The molecule has 8 heteroatoms. The molecule has 0 unspecified atom stereocenters. The van der Waals surface area contributed by atoms with Gasteiger partial charge in [-0.25, -0.2) is 13.1 Å². The highest BCUT2D eigenvalue weighted by atomic mass is 35.5. The smallest absolute Gasteiger partial charge is 0.265 e. The summed E-state index contributed by atoms with van der Waals surface area (Å²) < 4.78 is 37.0. The van der Waals surface area contributed by atoms with Crippen LogP contribution in [0.1, 0.15) is 17.3 Å². The van der Waals surface area contributed by atoms with Crippen molar-refractivity contribution in [1.29, 1.82) is 0 Å². The number of carbonyl (C=O) groups excluding carboxylic acids is 1. The van der Waals surface area contributed by atoms with Crippen LogP contribution in [0.2, 0.25) is 5.02 Å². The van der Waals surface area contributed by atoms with Crippen molar-refractivity contribution < 1.29 is 22.7 Å². The van der Waals surface area contributed by atoms with Crippen LogP contribution in [-0.4, -0.2) is 28.0 Å². The SMILES string of the molecule is CCOc1cc(C(=O)NS(=O)(=O)c2ccc(Cl)cc2)ccc1OC. The van der Waals surface area contributed by atoms with Crippen LogP contribution in [0.5, 0.6) is 11.5 Å². The van der Waals surface area contributed by atoms with Crippen molar-refractivity contribution in [2.24, 2.45) is 0 Å². The summed E-state index contributed by atoms with van der Waals surface area (Å²) in [5.74, 6) is 0.0408. The van der Waals surface area contributed by atoms with E-state index < -0.39 is 15.9 Å². The quantitative estimate of drug-likeness (QED) is 0.846. The Balaban J connectivity index is 2.25. The van der Waals surface area contributed by atoms with Gasteiger partial charge in [-0.15, -0.1) is 0 Å². The highest BCUT2D eigenvalue weighted by molar-refractivity contribution is 7.90. The Labute approximate surface area is 145 Å². The van der Waals surface area contributed by atoms with Crippen molar-refractivity contribution in [3.63, 3.8) is 0 Å². The second kappa shape index (κ2) is 7.55. The van der Waals surface area contributed by atoms with Gasteiger partial charge in [0, 0.05) is 10.6 Å². The van der Waals surface area contributed by atoms with E-state index in [1.165, 1.54) is 49.6 Å². The van der Waals surface area contributed by atoms with Crippen LogP contribution in [0, 0.1) is 0 Å². The van der Waals surface area contributed by atoms with E-state index in [-0.39, 0.29) is 10.5 Å². The first-order valence-electron chi connectivity index (χ1n) is 7.01. The molecule has 0 spiro atoms. The maximum atomic E-state index is 12.2. The average molecular weight is 370 g/mol. The zero-order chi connectivity index (χ0) is 17.7. The monoisotopic (exact) mass is 369 g/mol. The van der Waals surface area contributed by atoms with E-state index in [2.05, 4.69) is 0 Å². The fourth-order valence-electron chi connectivity index (χ4n) is 1.94. The molecule has 1 amide bonds. The summed E-state index contributed by atoms with van der Waals surface area (Å²) in [6.45, 7) is 2.17. The number of methoxy groups -OCH3 is 1. The van der Waals surface area contributed by atoms with Gasteiger partial charge in [-0.05, 0) is 49.4 Å². The summed E-state index contributed by atoms with van der Waals surface area (Å²) in [7, 11) is -2.52. The Hall–Kier alpha value is -2.25. The Bertz CT molecular complexity index is 834. The fraction of sp³-hybridized carbons (Fsp3) is 0.188. The molecule has 0 aliphatic carbocycles. The molecule has 0 saturated carbocycles. The molecule has 128 valence electrons. The minimum absolute atomic E-state index is 0.0567. The van der Waals surface area contributed by atoms with Crippen molar-refractivity contribution in [2.45, 2.75) is 11.8 Å². The van der Waals surface area contributed by atoms with Crippen LogP contribution in [0.25, 0.3) is 0 Å². The second-order valence-electron chi connectivity index (χ2n) is 4.69. The normalized spacial score (nSPS) is 11.0. The molecule has 0 saturated heterocycles. The Morgan fingerprint density at radius 2 is 1.79 bits per heavy atom. The van der Waals surface area contributed by atoms with Crippen molar-refractivity contribution in [1.82, 2.24) is 4.72 Å². The molecule has 0 atom stereocenters. The molecular weight excluding hydrogens is 354 g/mol. The van der Waals surface area contributed by atoms with Crippen molar-refractivity contribution in [2.75, 3.05) is 13.7 Å². The first-order valence-corrected chi connectivity index (χ1v) is 8.87. The minimum Gasteiger partial charge on any atom is -0.493 e. The van der Waals surface area contributed by atoms with Crippen molar-refractivity contribution in [3.05, 3.63) is 53.1 Å². The number of hydrogen-bond acceptors (Lipinski definition) is 5. The molecule has 1 N–H and O–H groups in total. The molecule has 0 fully saturated rings. The van der Waals surface area contributed by atoms with Gasteiger partial charge >= 0.3 is 0 Å². The number of hydrogen-bond donors (Lipinski definition) is 1. The number of sulfonamides is 1. The molecule has 0 heterocycles. The van der Waals surface area contributed by atoms with Gasteiger partial charge in [-0.1, -0.05) is 11.6 Å². The van der Waals surface area contributed by atoms with E-state index in [1.807, 2.05) is 4.72 Å². The molecular formula is C16H16ClNO5S. The molecule has 6 nitrogen and oxygen atoms in total. The third kappa shape index (κ3) is 4.18. The topological polar surface area (TPSA) is 81.7 Å². The van der Waals surface area contributed by atoms with E-state index in [4.69, 9.17) is 21.1 Å². The average Bonchev–Trinajstić information content (AvgIpc) is 2.55. The van der Waals surface area contributed by atoms with E-state index in [1.54, 1.807) is 6.92 Å². The molecule has 0 radical (unpaired) electrons. The van der Waals surface area contributed by atoms with Gasteiger partial charge in [0.25, 0.3) is 15.9 Å². The number of benzene rings is 2. The third-order valence-corrected chi connectivity index (χ3v) is 4.68. The molecule has 0 aliphatic heterocycles. The molecule has 2 aromatic rings. The number of nitrogens with one attached hydrogen (secondary N) is 1. The first kappa shape index (κ1) is 18.1. The first-order chi connectivity index (χ1) is 11.4. The summed E-state index contributed by atoms with van der Waals surface area (Å²) >= 11 is 5.73. The number of halogens is 1. The van der Waals surface area contributed by atoms with E-state index in [0.29, 0.717) is 23.1 Å². The number of carbonyl (C=O) groups is 1. The summed E-state index contributed by atoms with van der Waals surface area (Å²) in [5.41, 5.74) is 0.136. The van der Waals surface area contributed by atoms with E-state index >= 15 is 0 Å². The molecule has 0 aliphatic rings. The van der Waals surface area contributed by atoms with Crippen LogP contribution >= 0.6 is 11.6 Å². The van der Waals surface area contributed by atoms with Gasteiger partial charge in [-0.3, -0.25) is 4.79 Å². The third-order valence-electron chi connectivity index (χ3n) is 3.08. The van der Waals surface area contributed by atoms with E-state index in [9.17, 15) is 13.2 Å². The fourth-order valence-corrected chi connectivity index (χ4v) is 3.04. The van der Waals surface area contributed by atoms with E-state index in [0.717, 1.165) is 0 Å². The molecule has 2 aromatic carbocycles. The maximum Gasteiger partial charge on any atom is 0.265 e. The second-order valence-corrected chi connectivity index (χ2v) is 6.81. The largest absolute Gasteiger partial charge is 0.493 e. The molecule has 24 heavy (non-hydrogen) atoms. The predicted molar refractivity (Wildman–Crippen MR) is 90.3 cm³/mol. The molecule has 0 bridgehead atoms. The lowest BCUT2D eigenvalue weighted by molar-refractivity contribution is 0.0981. The molecule has 2 rings (SSSR count). The van der Waals surface area contributed by atoms with Gasteiger partial charge in [0.05, 0.1) is 18.6 Å². The number of rotatable bonds is 6. The summed E-state index contributed by atoms with van der Waals surface area (Å²) in [4.78, 5) is 12.2. The lowest BCUT2D eigenvalue weighted by Gasteiger charge is -2.11. The number of ether oxygens (including phenoxy) is 2. The standard InChI is InChI=1S/C16H16ClNO5S/c1-3-23-15-10-11(4-9-14(15)22-2)16(19)18-24(20,21)13-7-5-12(17)6-8-13/h4-10H,3H2,1-2H3,(H,18,19). The van der Waals surface area contributed by atoms with Gasteiger partial charge in [0.15, 0.2) is 11.5 Å². The van der Waals surface area contributed by atoms with Crippen LogP contribution in [0.4, 0.5) is 0 Å². The van der Waals surface area contributed by atoms with Crippen molar-refractivity contribution in [3.8, 4) is 11.5 Å². The number of amides is 1. The lowest BCUT2D eigenvalue weighted by atomic mass is 10.2. The highest BCUT2D eigenvalue weighted by Crippen LogP contribution is 2.28. The van der Waals surface area contributed by atoms with Gasteiger partial charge < -0.3 is 9.47 Å². The minimum atomic E-state index is -4.00. The summed E-state index contributed by atoms with van der Waals surface area (Å²) in [6, 6.07) is 9.91. The zero-order valence-electron chi connectivity index (χ0n) is 13.1. The maximum absolute atomic E-state index is 12.2. The van der Waals surface area contributed by atoms with Gasteiger partial charge in [-0.2, -0.15) is 0 Å². The Morgan fingerprint density at radius 3 is 2.38 bits per heavy atom. The zero-order valence-corrected chi connectivity index (χ0v) is 14.6. The Kier molecular flexibility index (Phi) is 5.69. The Morgan fingerprint density at radius 1 is 1.12 bits per heavy atom. The van der Waals surface area contributed by atoms with Crippen LogP contribution < -0.4 is 14.2 Å². The van der Waals surface area contributed by atoms with Crippen LogP contribution in [0.15, 0.2) is 47.4 Å². The molecule has 0 aromatic heterocycles. The highest BCUT2D eigenvalue weighted by Gasteiger charge is 2.19. The predicted octanol–water partition coefficient (Wildman–Crippen LogP) is 2.87. The lowest BCUT2D eigenvalue weighted by Crippen LogP contribution is -2.30. The van der Waals surface area contributed by atoms with Gasteiger partial charge in [0.2, 0.25) is 0 Å². The summed E-state index contributed by atoms with van der Waals surface area (Å²) in [5, 5.41) is 0.400. The van der Waals surface area contributed by atoms with Crippen LogP contribution in [0.3, 0.4) is 0 Å². The van der Waals surface area contributed by atoms with Crippen molar-refractivity contribution >= 4 is 27.5 Å².